The lowest BCUT2D eigenvalue weighted by atomic mass is 10.1. The van der Waals surface area contributed by atoms with Crippen molar-refractivity contribution in [3.8, 4) is 0 Å². The van der Waals surface area contributed by atoms with Crippen molar-refractivity contribution in [2.75, 3.05) is 6.61 Å². The van der Waals surface area contributed by atoms with Gasteiger partial charge in [-0.1, -0.05) is 12.1 Å². The van der Waals surface area contributed by atoms with Crippen molar-refractivity contribution in [1.82, 2.24) is 5.32 Å². The molecule has 1 unspecified atom stereocenters. The van der Waals surface area contributed by atoms with E-state index in [2.05, 4.69) is 66.0 Å². The second kappa shape index (κ2) is 6.45. The summed E-state index contributed by atoms with van der Waals surface area (Å²) in [7, 11) is 0. The molecule has 2 N–H and O–H groups in total. The third-order valence-electron chi connectivity index (χ3n) is 2.47. The number of nitrogens with one attached hydrogen (secondary N) is 1. The fourth-order valence-corrected chi connectivity index (χ4v) is 1.91. The summed E-state index contributed by atoms with van der Waals surface area (Å²) in [5.41, 5.74) is 1.29. The lowest BCUT2D eigenvalue weighted by molar-refractivity contribution is 0.264. The highest BCUT2D eigenvalue weighted by Gasteiger charge is 2.08. The van der Waals surface area contributed by atoms with Gasteiger partial charge >= 0.3 is 0 Å². The number of hydrogen-bond donors (Lipinski definition) is 2. The minimum Gasteiger partial charge on any atom is -0.396 e. The summed E-state index contributed by atoms with van der Waals surface area (Å²) in [6, 6.07) is 9.21. The Morgan fingerprint density at radius 3 is 2.40 bits per heavy atom. The first kappa shape index (κ1) is 12.9. The normalized spacial score (nSPS) is 14.9. The molecule has 2 atom stereocenters. The molecule has 84 valence electrons. The van der Waals surface area contributed by atoms with Gasteiger partial charge in [-0.2, -0.15) is 0 Å². The van der Waals surface area contributed by atoms with E-state index < -0.39 is 0 Å². The zero-order valence-electron chi connectivity index (χ0n) is 9.20. The molecule has 1 aromatic carbocycles. The minimum atomic E-state index is 0.244. The lowest BCUT2D eigenvalue weighted by Crippen LogP contribution is -2.29. The lowest BCUT2D eigenvalue weighted by Gasteiger charge is -2.19. The van der Waals surface area contributed by atoms with Crippen LogP contribution in [0.4, 0.5) is 0 Å². The number of halogens is 1. The fraction of sp³-hybridized carbons (Fsp3) is 0.500. The number of benzene rings is 1. The van der Waals surface area contributed by atoms with E-state index in [1.165, 1.54) is 9.13 Å². The third-order valence-corrected chi connectivity index (χ3v) is 3.19. The summed E-state index contributed by atoms with van der Waals surface area (Å²) in [5.74, 6) is 0. The molecule has 15 heavy (non-hydrogen) atoms. The standard InChI is InChI=1S/C12H18INO/c1-9(7-8-15)14-10(2)11-3-5-12(13)6-4-11/h3-6,9-10,14-15H,7-8H2,1-2H3/t9-,10?/m1/s1. The van der Waals surface area contributed by atoms with Gasteiger partial charge in [0.25, 0.3) is 0 Å². The molecule has 0 aliphatic heterocycles. The van der Waals surface area contributed by atoms with Crippen molar-refractivity contribution < 1.29 is 5.11 Å². The number of rotatable bonds is 5. The van der Waals surface area contributed by atoms with E-state index in [0.717, 1.165) is 6.42 Å². The average Bonchev–Trinajstić information content (AvgIpc) is 2.18. The molecule has 0 saturated heterocycles. The van der Waals surface area contributed by atoms with Crippen LogP contribution in [0.15, 0.2) is 24.3 Å². The Kier molecular flexibility index (Phi) is 5.56. The largest absolute Gasteiger partial charge is 0.396 e. The van der Waals surface area contributed by atoms with Crippen LogP contribution >= 0.6 is 22.6 Å². The van der Waals surface area contributed by atoms with Gasteiger partial charge in [0.1, 0.15) is 0 Å². The molecule has 0 aromatic heterocycles. The van der Waals surface area contributed by atoms with Gasteiger partial charge in [-0.15, -0.1) is 0 Å². The second-order valence-corrected chi connectivity index (χ2v) is 5.10. The van der Waals surface area contributed by atoms with Gasteiger partial charge < -0.3 is 10.4 Å². The van der Waals surface area contributed by atoms with Gasteiger partial charge in [0.15, 0.2) is 0 Å². The van der Waals surface area contributed by atoms with Crippen molar-refractivity contribution in [2.24, 2.45) is 0 Å². The monoisotopic (exact) mass is 319 g/mol. The van der Waals surface area contributed by atoms with E-state index in [-0.39, 0.29) is 6.61 Å². The first-order valence-electron chi connectivity index (χ1n) is 5.26. The van der Waals surface area contributed by atoms with Crippen molar-refractivity contribution >= 4 is 22.6 Å². The first-order valence-corrected chi connectivity index (χ1v) is 6.33. The summed E-state index contributed by atoms with van der Waals surface area (Å²) in [6.07, 6.45) is 0.800. The maximum atomic E-state index is 8.82. The van der Waals surface area contributed by atoms with Crippen LogP contribution in [0.1, 0.15) is 31.9 Å². The third kappa shape index (κ3) is 4.49. The van der Waals surface area contributed by atoms with Gasteiger partial charge in [0, 0.05) is 22.3 Å². The predicted molar refractivity (Wildman–Crippen MR) is 71.9 cm³/mol. The summed E-state index contributed by atoms with van der Waals surface area (Å²) in [5, 5.41) is 12.3. The molecule has 2 nitrogen and oxygen atoms in total. The van der Waals surface area contributed by atoms with Crippen LogP contribution in [0.5, 0.6) is 0 Å². The maximum absolute atomic E-state index is 8.82. The Bertz CT molecular complexity index is 286. The van der Waals surface area contributed by atoms with E-state index in [1.807, 2.05) is 0 Å². The van der Waals surface area contributed by atoms with Crippen LogP contribution < -0.4 is 5.32 Å². The SMILES string of the molecule is CC(N[C@H](C)CCO)c1ccc(I)cc1. The molecule has 3 heteroatoms. The molecule has 0 aliphatic carbocycles. The summed E-state index contributed by atoms with van der Waals surface area (Å²) in [6.45, 7) is 4.49. The molecule has 0 amide bonds. The zero-order chi connectivity index (χ0) is 11.3. The van der Waals surface area contributed by atoms with Crippen molar-refractivity contribution in [2.45, 2.75) is 32.4 Å². The molecule has 0 fully saturated rings. The molecule has 0 heterocycles. The van der Waals surface area contributed by atoms with Crippen molar-refractivity contribution in [3.05, 3.63) is 33.4 Å². The molecule has 0 saturated carbocycles. The average molecular weight is 319 g/mol. The van der Waals surface area contributed by atoms with Crippen LogP contribution in [-0.4, -0.2) is 17.8 Å². The van der Waals surface area contributed by atoms with Crippen LogP contribution in [-0.2, 0) is 0 Å². The Balaban J connectivity index is 2.53. The Labute approximate surface area is 105 Å². The van der Waals surface area contributed by atoms with E-state index in [4.69, 9.17) is 5.11 Å². The van der Waals surface area contributed by atoms with Crippen LogP contribution in [0, 0.1) is 3.57 Å². The molecule has 0 aliphatic rings. The quantitative estimate of drug-likeness (QED) is 0.818. The maximum Gasteiger partial charge on any atom is 0.0445 e. The zero-order valence-corrected chi connectivity index (χ0v) is 11.4. The predicted octanol–water partition coefficient (Wildman–Crippen LogP) is 2.71. The molecule has 1 aromatic rings. The van der Waals surface area contributed by atoms with Crippen LogP contribution in [0.25, 0.3) is 0 Å². The number of aliphatic hydroxyl groups excluding tert-OH is 1. The van der Waals surface area contributed by atoms with Gasteiger partial charge in [0.05, 0.1) is 0 Å². The Morgan fingerprint density at radius 2 is 1.87 bits per heavy atom. The van der Waals surface area contributed by atoms with E-state index >= 15 is 0 Å². The van der Waals surface area contributed by atoms with Gasteiger partial charge in [0.2, 0.25) is 0 Å². The van der Waals surface area contributed by atoms with Gasteiger partial charge in [-0.25, -0.2) is 0 Å². The summed E-state index contributed by atoms with van der Waals surface area (Å²) >= 11 is 2.31. The topological polar surface area (TPSA) is 32.3 Å². The number of hydrogen-bond acceptors (Lipinski definition) is 2. The summed E-state index contributed by atoms with van der Waals surface area (Å²) in [4.78, 5) is 0. The van der Waals surface area contributed by atoms with Gasteiger partial charge in [-0.05, 0) is 60.6 Å². The second-order valence-electron chi connectivity index (χ2n) is 3.85. The molecule has 1 rings (SSSR count). The van der Waals surface area contributed by atoms with Crippen molar-refractivity contribution in [1.29, 1.82) is 0 Å². The van der Waals surface area contributed by atoms with Crippen LogP contribution in [0.2, 0.25) is 0 Å². The minimum absolute atomic E-state index is 0.244. The Morgan fingerprint density at radius 1 is 1.27 bits per heavy atom. The Hall–Kier alpha value is -0.130. The van der Waals surface area contributed by atoms with Crippen LogP contribution in [0.3, 0.4) is 0 Å². The fourth-order valence-electron chi connectivity index (χ4n) is 1.55. The molecule has 0 bridgehead atoms. The molecular formula is C12H18INO. The highest BCUT2D eigenvalue weighted by Crippen LogP contribution is 2.15. The number of aliphatic hydroxyl groups is 1. The van der Waals surface area contributed by atoms with E-state index in [1.54, 1.807) is 0 Å². The highest BCUT2D eigenvalue weighted by atomic mass is 127. The van der Waals surface area contributed by atoms with E-state index in [9.17, 15) is 0 Å². The summed E-state index contributed by atoms with van der Waals surface area (Å²) < 4.78 is 1.26. The highest BCUT2D eigenvalue weighted by molar-refractivity contribution is 14.1. The molecule has 0 spiro atoms. The molecule has 0 radical (unpaired) electrons. The first-order chi connectivity index (χ1) is 7.13. The van der Waals surface area contributed by atoms with E-state index in [0.29, 0.717) is 12.1 Å². The smallest absolute Gasteiger partial charge is 0.0445 e. The van der Waals surface area contributed by atoms with Crippen molar-refractivity contribution in [3.63, 3.8) is 0 Å². The van der Waals surface area contributed by atoms with Gasteiger partial charge in [-0.3, -0.25) is 0 Å². The molecular weight excluding hydrogens is 301 g/mol.